The van der Waals surface area contributed by atoms with Gasteiger partial charge in [0, 0.05) is 25.2 Å². The molecule has 1 unspecified atom stereocenters. The first kappa shape index (κ1) is 20.4. The summed E-state index contributed by atoms with van der Waals surface area (Å²) >= 11 is 0. The monoisotopic (exact) mass is 392 g/mol. The quantitative estimate of drug-likeness (QED) is 0.635. The Morgan fingerprint density at radius 1 is 0.966 bits per heavy atom. The van der Waals surface area contributed by atoms with Crippen LogP contribution in [0.1, 0.15) is 62.1 Å². The molecule has 29 heavy (non-hydrogen) atoms. The number of benzene rings is 2. The zero-order chi connectivity index (χ0) is 19.9. The van der Waals surface area contributed by atoms with Crippen LogP contribution in [0.5, 0.6) is 5.75 Å². The number of nitrogens with one attached hydrogen (secondary N) is 1. The number of likely N-dealkylation sites (N-methyl/N-ethyl adjacent to an activating group) is 1. The summed E-state index contributed by atoms with van der Waals surface area (Å²) in [5.74, 6) is 1.85. The Morgan fingerprint density at radius 2 is 1.72 bits per heavy atom. The van der Waals surface area contributed by atoms with Crippen LogP contribution < -0.4 is 10.1 Å². The molecule has 0 spiro atoms. The van der Waals surface area contributed by atoms with Gasteiger partial charge in [0.05, 0.1) is 0 Å². The molecule has 0 radical (unpaired) electrons. The highest BCUT2D eigenvalue weighted by molar-refractivity contribution is 5.30. The molecule has 1 saturated carbocycles. The zero-order valence-corrected chi connectivity index (χ0v) is 17.9. The Morgan fingerprint density at radius 3 is 2.41 bits per heavy atom. The van der Waals surface area contributed by atoms with Gasteiger partial charge in [-0.3, -0.25) is 4.90 Å². The summed E-state index contributed by atoms with van der Waals surface area (Å²) in [6, 6.07) is 20.5. The maximum atomic E-state index is 6.01. The van der Waals surface area contributed by atoms with Gasteiger partial charge >= 0.3 is 0 Å². The van der Waals surface area contributed by atoms with Crippen LogP contribution in [0.15, 0.2) is 54.6 Å². The van der Waals surface area contributed by atoms with Crippen LogP contribution in [0.2, 0.25) is 0 Å². The van der Waals surface area contributed by atoms with Gasteiger partial charge in [-0.15, -0.1) is 0 Å². The Kier molecular flexibility index (Phi) is 7.23. The summed E-state index contributed by atoms with van der Waals surface area (Å²) in [6.45, 7) is 3.00. The molecule has 2 aliphatic rings. The lowest BCUT2D eigenvalue weighted by Crippen LogP contribution is -2.33. The van der Waals surface area contributed by atoms with E-state index < -0.39 is 0 Å². The van der Waals surface area contributed by atoms with Gasteiger partial charge in [-0.25, -0.2) is 0 Å². The van der Waals surface area contributed by atoms with Crippen LogP contribution in [0.3, 0.4) is 0 Å². The zero-order valence-electron chi connectivity index (χ0n) is 17.9. The number of ether oxygens (including phenoxy) is 1. The van der Waals surface area contributed by atoms with Gasteiger partial charge in [0.2, 0.25) is 0 Å². The van der Waals surface area contributed by atoms with Crippen LogP contribution in [0.25, 0.3) is 0 Å². The second kappa shape index (κ2) is 10.3. The van der Waals surface area contributed by atoms with Crippen molar-refractivity contribution < 1.29 is 4.74 Å². The molecule has 3 heteroatoms. The summed E-state index contributed by atoms with van der Waals surface area (Å²) in [5.41, 5.74) is 2.67. The van der Waals surface area contributed by atoms with Gasteiger partial charge < -0.3 is 10.1 Å². The normalized spacial score (nSPS) is 21.9. The number of hydrogen-bond donors (Lipinski definition) is 1. The Bertz CT molecular complexity index is 724. The van der Waals surface area contributed by atoms with Crippen molar-refractivity contribution >= 4 is 0 Å². The van der Waals surface area contributed by atoms with E-state index in [2.05, 4.69) is 65.8 Å². The summed E-state index contributed by atoms with van der Waals surface area (Å²) < 4.78 is 6.01. The maximum Gasteiger partial charge on any atom is 0.119 e. The van der Waals surface area contributed by atoms with Crippen molar-refractivity contribution in [3.8, 4) is 5.75 Å². The standard InChI is InChI=1S/C26H36N2O/c1-27-24-16-17-28(19-24)26(18-21-8-4-2-5-9-21)23-12-14-25(15-13-23)29-20-22-10-6-3-7-11-22/h3,6-7,10-15,21,24,26-27H,2,4-5,8-9,16-20H2,1H3/t24-,26?/m1/s1. The van der Waals surface area contributed by atoms with Gasteiger partial charge in [-0.1, -0.05) is 74.6 Å². The molecule has 0 amide bonds. The molecule has 2 atom stereocenters. The highest BCUT2D eigenvalue weighted by Gasteiger charge is 2.30. The molecule has 1 aliphatic heterocycles. The molecule has 0 aromatic heterocycles. The molecule has 1 aliphatic carbocycles. The highest BCUT2D eigenvalue weighted by Crippen LogP contribution is 2.37. The first-order valence-electron chi connectivity index (χ1n) is 11.5. The van der Waals surface area contributed by atoms with Crippen LogP contribution in [-0.4, -0.2) is 31.1 Å². The summed E-state index contributed by atoms with van der Waals surface area (Å²) in [4.78, 5) is 2.72. The van der Waals surface area contributed by atoms with Crippen LogP contribution >= 0.6 is 0 Å². The number of nitrogens with zero attached hydrogens (tertiary/aromatic N) is 1. The number of hydrogen-bond acceptors (Lipinski definition) is 3. The molecular weight excluding hydrogens is 356 g/mol. The van der Waals surface area contributed by atoms with E-state index in [9.17, 15) is 0 Å². The fourth-order valence-corrected chi connectivity index (χ4v) is 5.07. The molecule has 0 bridgehead atoms. The molecule has 156 valence electrons. The molecule has 2 aromatic rings. The van der Waals surface area contributed by atoms with Crippen molar-refractivity contribution in [1.82, 2.24) is 10.2 Å². The Hall–Kier alpha value is -1.84. The third-order valence-electron chi connectivity index (χ3n) is 6.86. The Labute approximate surface area is 176 Å². The van der Waals surface area contributed by atoms with Crippen molar-refractivity contribution in [2.75, 3.05) is 20.1 Å². The lowest BCUT2D eigenvalue weighted by Gasteiger charge is -2.33. The van der Waals surface area contributed by atoms with Gasteiger partial charge in [0.1, 0.15) is 12.4 Å². The van der Waals surface area contributed by atoms with Crippen molar-refractivity contribution in [3.05, 3.63) is 65.7 Å². The molecule has 3 nitrogen and oxygen atoms in total. The summed E-state index contributed by atoms with van der Waals surface area (Å²) in [7, 11) is 2.10. The van der Waals surface area contributed by atoms with Gasteiger partial charge in [-0.2, -0.15) is 0 Å². The minimum absolute atomic E-state index is 0.541. The van der Waals surface area contributed by atoms with E-state index in [1.165, 1.54) is 69.2 Å². The molecule has 1 saturated heterocycles. The Balaban J connectivity index is 1.43. The summed E-state index contributed by atoms with van der Waals surface area (Å²) in [5, 5.41) is 3.48. The van der Waals surface area contributed by atoms with E-state index in [1.54, 1.807) is 0 Å². The number of rotatable bonds is 8. The molecule has 4 rings (SSSR count). The average molecular weight is 393 g/mol. The lowest BCUT2D eigenvalue weighted by molar-refractivity contribution is 0.184. The van der Waals surface area contributed by atoms with Gasteiger partial charge in [0.25, 0.3) is 0 Å². The predicted molar refractivity (Wildman–Crippen MR) is 120 cm³/mol. The summed E-state index contributed by atoms with van der Waals surface area (Å²) in [6.07, 6.45) is 9.67. The second-order valence-corrected chi connectivity index (χ2v) is 8.87. The predicted octanol–water partition coefficient (Wildman–Crippen LogP) is 5.57. The van der Waals surface area contributed by atoms with E-state index in [1.807, 2.05) is 6.07 Å². The van der Waals surface area contributed by atoms with E-state index in [4.69, 9.17) is 4.74 Å². The van der Waals surface area contributed by atoms with Crippen molar-refractivity contribution in [1.29, 1.82) is 0 Å². The SMILES string of the molecule is CN[C@@H]1CCN(C(CC2CCCCC2)c2ccc(OCc3ccccc3)cc2)C1. The lowest BCUT2D eigenvalue weighted by atomic mass is 9.83. The third-order valence-corrected chi connectivity index (χ3v) is 6.86. The smallest absolute Gasteiger partial charge is 0.119 e. The first-order chi connectivity index (χ1) is 14.3. The highest BCUT2D eigenvalue weighted by atomic mass is 16.5. The molecular formula is C26H36N2O. The number of likely N-dealkylation sites (tertiary alicyclic amines) is 1. The topological polar surface area (TPSA) is 24.5 Å². The van der Waals surface area contributed by atoms with E-state index in [-0.39, 0.29) is 0 Å². The minimum atomic E-state index is 0.541. The third kappa shape index (κ3) is 5.61. The average Bonchev–Trinajstić information content (AvgIpc) is 3.27. The molecule has 2 fully saturated rings. The van der Waals surface area contributed by atoms with Crippen LogP contribution in [0.4, 0.5) is 0 Å². The largest absolute Gasteiger partial charge is 0.489 e. The van der Waals surface area contributed by atoms with Crippen molar-refractivity contribution in [2.24, 2.45) is 5.92 Å². The maximum absolute atomic E-state index is 6.01. The second-order valence-electron chi connectivity index (χ2n) is 8.87. The van der Waals surface area contributed by atoms with E-state index in [0.717, 1.165) is 11.7 Å². The van der Waals surface area contributed by atoms with E-state index >= 15 is 0 Å². The van der Waals surface area contributed by atoms with Crippen LogP contribution in [-0.2, 0) is 6.61 Å². The van der Waals surface area contributed by atoms with Gasteiger partial charge in [0.15, 0.2) is 0 Å². The van der Waals surface area contributed by atoms with Crippen molar-refractivity contribution in [2.45, 2.75) is 63.6 Å². The molecule has 1 N–H and O–H groups in total. The molecule has 2 aromatic carbocycles. The molecule has 1 heterocycles. The van der Waals surface area contributed by atoms with Crippen LogP contribution in [0, 0.1) is 5.92 Å². The fourth-order valence-electron chi connectivity index (χ4n) is 5.07. The van der Waals surface area contributed by atoms with E-state index in [0.29, 0.717) is 18.7 Å². The van der Waals surface area contributed by atoms with Crippen molar-refractivity contribution in [3.63, 3.8) is 0 Å². The fraction of sp³-hybridized carbons (Fsp3) is 0.538. The first-order valence-corrected chi connectivity index (χ1v) is 11.5. The minimum Gasteiger partial charge on any atom is -0.489 e. The van der Waals surface area contributed by atoms with Gasteiger partial charge in [-0.05, 0) is 49.1 Å².